The van der Waals surface area contributed by atoms with Crippen LogP contribution in [0.1, 0.15) is 55.2 Å². The van der Waals surface area contributed by atoms with Crippen LogP contribution in [0.4, 0.5) is 0 Å². The quantitative estimate of drug-likeness (QED) is 0.774. The third-order valence-corrected chi connectivity index (χ3v) is 7.84. The highest BCUT2D eigenvalue weighted by Crippen LogP contribution is 2.65. The Balaban J connectivity index is 1.41. The van der Waals surface area contributed by atoms with Crippen LogP contribution in [0.25, 0.3) is 0 Å². The topological polar surface area (TPSA) is 42.0 Å². The second-order valence-electron chi connectivity index (χ2n) is 9.54. The summed E-state index contributed by atoms with van der Waals surface area (Å²) >= 11 is 6.23. The molecule has 0 aliphatic heterocycles. The summed E-state index contributed by atoms with van der Waals surface area (Å²) in [4.78, 5) is 17.5. The molecule has 0 spiro atoms. The van der Waals surface area contributed by atoms with Crippen molar-refractivity contribution in [1.29, 1.82) is 0 Å². The van der Waals surface area contributed by atoms with Crippen LogP contribution < -0.4 is 5.32 Å². The Bertz CT molecular complexity index is 893. The molecule has 4 saturated carbocycles. The van der Waals surface area contributed by atoms with E-state index in [1.54, 1.807) is 12.4 Å². The maximum Gasteiger partial charge on any atom is 0.226 e. The molecule has 1 heterocycles. The summed E-state index contributed by atoms with van der Waals surface area (Å²) in [6, 6.07) is 11.0. The zero-order valence-corrected chi connectivity index (χ0v) is 17.1. The monoisotopic (exact) mass is 394 g/mol. The molecule has 0 saturated heterocycles. The van der Waals surface area contributed by atoms with E-state index in [1.807, 2.05) is 6.07 Å². The number of hydrogen-bond acceptors (Lipinski definition) is 2. The van der Waals surface area contributed by atoms with E-state index >= 15 is 0 Å². The fourth-order valence-electron chi connectivity index (χ4n) is 6.68. The molecule has 4 aliphatic rings. The number of aromatic nitrogens is 1. The Morgan fingerprint density at radius 3 is 2.54 bits per heavy atom. The Morgan fingerprint density at radius 1 is 1.14 bits per heavy atom. The molecule has 2 unspecified atom stereocenters. The highest BCUT2D eigenvalue weighted by Gasteiger charge is 2.60. The van der Waals surface area contributed by atoms with E-state index in [0.29, 0.717) is 23.4 Å². The molecule has 4 bridgehead atoms. The van der Waals surface area contributed by atoms with E-state index < -0.39 is 0 Å². The minimum Gasteiger partial charge on any atom is -0.351 e. The van der Waals surface area contributed by atoms with Crippen molar-refractivity contribution >= 4 is 17.5 Å². The molecule has 4 aliphatic carbocycles. The number of pyridine rings is 1. The molecular weight excluding hydrogens is 368 g/mol. The molecule has 1 aromatic carbocycles. The molecule has 2 atom stereocenters. The van der Waals surface area contributed by atoms with Crippen LogP contribution >= 0.6 is 11.6 Å². The smallest absolute Gasteiger partial charge is 0.226 e. The highest BCUT2D eigenvalue weighted by atomic mass is 35.5. The molecule has 4 fully saturated rings. The Kier molecular flexibility index (Phi) is 4.28. The average molecular weight is 395 g/mol. The first-order valence-electron chi connectivity index (χ1n) is 10.4. The summed E-state index contributed by atoms with van der Waals surface area (Å²) in [6.45, 7) is 2.62. The lowest BCUT2D eigenvalue weighted by molar-refractivity contribution is -0.149. The molecule has 1 N–H and O–H groups in total. The molecule has 4 heteroatoms. The molecule has 3 nitrogen and oxygen atoms in total. The first-order valence-corrected chi connectivity index (χ1v) is 10.8. The van der Waals surface area contributed by atoms with Crippen LogP contribution in [0.3, 0.4) is 0 Å². The highest BCUT2D eigenvalue weighted by molar-refractivity contribution is 6.31. The van der Waals surface area contributed by atoms with Gasteiger partial charge in [0.2, 0.25) is 5.91 Å². The Hall–Kier alpha value is -1.87. The fraction of sp³-hybridized carbons (Fsp3) is 0.500. The van der Waals surface area contributed by atoms with E-state index in [-0.39, 0.29) is 16.7 Å². The van der Waals surface area contributed by atoms with E-state index in [0.717, 1.165) is 24.8 Å². The molecule has 0 radical (unpaired) electrons. The summed E-state index contributed by atoms with van der Waals surface area (Å²) in [5.41, 5.74) is 3.65. The van der Waals surface area contributed by atoms with Crippen LogP contribution in [0.15, 0.2) is 42.7 Å². The largest absolute Gasteiger partial charge is 0.351 e. The Morgan fingerprint density at radius 2 is 1.86 bits per heavy atom. The van der Waals surface area contributed by atoms with Gasteiger partial charge in [0, 0.05) is 18.9 Å². The van der Waals surface area contributed by atoms with Crippen molar-refractivity contribution < 1.29 is 4.79 Å². The molecule has 28 heavy (non-hydrogen) atoms. The zero-order chi connectivity index (χ0) is 19.4. The molecule has 1 aromatic heterocycles. The van der Waals surface area contributed by atoms with Gasteiger partial charge in [-0.3, -0.25) is 9.78 Å². The maximum atomic E-state index is 13.4. The minimum absolute atomic E-state index is 0.184. The first kappa shape index (κ1) is 18.2. The second kappa shape index (κ2) is 6.59. The van der Waals surface area contributed by atoms with Crippen molar-refractivity contribution in [2.75, 3.05) is 0 Å². The van der Waals surface area contributed by atoms with E-state index in [2.05, 4.69) is 41.5 Å². The van der Waals surface area contributed by atoms with Crippen molar-refractivity contribution in [2.24, 2.45) is 17.3 Å². The number of aryl methyl sites for hydroxylation is 1. The fourth-order valence-corrected chi connectivity index (χ4v) is 6.87. The number of hydrogen-bond donors (Lipinski definition) is 1. The van der Waals surface area contributed by atoms with Crippen molar-refractivity contribution in [1.82, 2.24) is 10.3 Å². The van der Waals surface area contributed by atoms with Crippen molar-refractivity contribution in [2.45, 2.75) is 57.4 Å². The second-order valence-corrected chi connectivity index (χ2v) is 9.94. The summed E-state index contributed by atoms with van der Waals surface area (Å²) in [5.74, 6) is 1.58. The molecule has 146 valence electrons. The van der Waals surface area contributed by atoms with Gasteiger partial charge in [-0.15, -0.1) is 0 Å². The van der Waals surface area contributed by atoms with Crippen molar-refractivity contribution in [3.63, 3.8) is 0 Å². The Labute approximate surface area is 171 Å². The van der Waals surface area contributed by atoms with Gasteiger partial charge < -0.3 is 5.32 Å². The lowest BCUT2D eigenvalue weighted by Gasteiger charge is -2.61. The third-order valence-electron chi connectivity index (χ3n) is 7.50. The number of nitrogens with one attached hydrogen (secondary N) is 1. The van der Waals surface area contributed by atoms with Gasteiger partial charge in [-0.25, -0.2) is 0 Å². The third kappa shape index (κ3) is 2.95. The molecule has 1 amide bonds. The molecular formula is C24H27ClN2O. The summed E-state index contributed by atoms with van der Waals surface area (Å²) in [6.07, 6.45) is 10.3. The van der Waals surface area contributed by atoms with Crippen LogP contribution in [0.5, 0.6) is 0 Å². The van der Waals surface area contributed by atoms with E-state index in [4.69, 9.17) is 11.6 Å². The van der Waals surface area contributed by atoms with E-state index in [1.165, 1.54) is 30.4 Å². The summed E-state index contributed by atoms with van der Waals surface area (Å²) in [5, 5.41) is 3.84. The van der Waals surface area contributed by atoms with Gasteiger partial charge in [0.25, 0.3) is 0 Å². The lowest BCUT2D eigenvalue weighted by atomic mass is 9.42. The van der Waals surface area contributed by atoms with Gasteiger partial charge in [0.15, 0.2) is 0 Å². The summed E-state index contributed by atoms with van der Waals surface area (Å²) in [7, 11) is 0. The molecule has 6 rings (SSSR count). The number of benzene rings is 1. The number of nitrogens with zero attached hydrogens (tertiary/aromatic N) is 1. The van der Waals surface area contributed by atoms with Crippen LogP contribution in [-0.2, 0) is 16.8 Å². The van der Waals surface area contributed by atoms with Gasteiger partial charge in [0.05, 0.1) is 10.4 Å². The lowest BCUT2D eigenvalue weighted by Crippen LogP contribution is -2.59. The predicted molar refractivity (Wildman–Crippen MR) is 111 cm³/mol. The van der Waals surface area contributed by atoms with Crippen molar-refractivity contribution in [3.05, 3.63) is 64.4 Å². The normalized spacial score (nSPS) is 33.1. The number of amides is 1. The number of rotatable bonds is 4. The number of halogens is 1. The summed E-state index contributed by atoms with van der Waals surface area (Å²) < 4.78 is 0. The van der Waals surface area contributed by atoms with Gasteiger partial charge in [0.1, 0.15) is 0 Å². The van der Waals surface area contributed by atoms with Gasteiger partial charge in [-0.05, 0) is 79.9 Å². The van der Waals surface area contributed by atoms with Gasteiger partial charge >= 0.3 is 0 Å². The maximum absolute atomic E-state index is 13.4. The molecule has 2 aromatic rings. The van der Waals surface area contributed by atoms with Gasteiger partial charge in [-0.1, -0.05) is 41.4 Å². The predicted octanol–water partition coefficient (Wildman–Crippen LogP) is 5.20. The van der Waals surface area contributed by atoms with Crippen LogP contribution in [-0.4, -0.2) is 10.9 Å². The zero-order valence-electron chi connectivity index (χ0n) is 16.4. The van der Waals surface area contributed by atoms with Gasteiger partial charge in [-0.2, -0.15) is 0 Å². The van der Waals surface area contributed by atoms with E-state index in [9.17, 15) is 4.79 Å². The standard InChI is InChI=1S/C24H27ClN2O/c1-16-2-4-20(5-3-16)23-9-17-8-18(10-23)12-24(11-17,15-23)22(28)27-13-19-6-7-26-14-21(19)25/h2-7,14,17-18H,8-13,15H2,1H3,(H,27,28). The average Bonchev–Trinajstić information content (AvgIpc) is 2.66. The SMILES string of the molecule is Cc1ccc(C23CC4CC(CC(C(=O)NCc5ccncc5Cl)(C4)C2)C3)cc1. The van der Waals surface area contributed by atoms with Crippen LogP contribution in [0, 0.1) is 24.2 Å². The van der Waals surface area contributed by atoms with Crippen molar-refractivity contribution in [3.8, 4) is 0 Å². The number of carbonyl (C=O) groups is 1. The van der Waals surface area contributed by atoms with Crippen LogP contribution in [0.2, 0.25) is 5.02 Å². The minimum atomic E-state index is -0.214. The number of carbonyl (C=O) groups excluding carboxylic acids is 1. The first-order chi connectivity index (χ1) is 13.5.